The zero-order valence-corrected chi connectivity index (χ0v) is 9.92. The maximum absolute atomic E-state index is 9.27. The van der Waals surface area contributed by atoms with Crippen LogP contribution in [0.25, 0.3) is 0 Å². The fourth-order valence-corrected chi connectivity index (χ4v) is 1.27. The number of rotatable bonds is 5. The van der Waals surface area contributed by atoms with Gasteiger partial charge in [0.2, 0.25) is 0 Å². The minimum atomic E-state index is -0.454. The van der Waals surface area contributed by atoms with Gasteiger partial charge in [-0.3, -0.25) is 0 Å². The molecule has 0 aromatic carbocycles. The smallest absolute Gasteiger partial charge is 1.00 e. The Bertz CT molecular complexity index is 101. The molecule has 3 N–H and O–H groups in total. The third-order valence-electron chi connectivity index (χ3n) is 1.37. The van der Waals surface area contributed by atoms with Gasteiger partial charge in [-0.25, -0.2) is 0 Å². The van der Waals surface area contributed by atoms with Crippen molar-refractivity contribution in [1.29, 1.82) is 0 Å². The molecule has 3 nitrogen and oxygen atoms in total. The van der Waals surface area contributed by atoms with Crippen LogP contribution in [0, 0.1) is 0 Å². The van der Waals surface area contributed by atoms with Gasteiger partial charge in [0.1, 0.15) is 0 Å². The van der Waals surface area contributed by atoms with Crippen molar-refractivity contribution in [1.82, 2.24) is 5.32 Å². The van der Waals surface area contributed by atoms with E-state index >= 15 is 0 Å². The number of nitrogens with one attached hydrogen (secondary N) is 1. The van der Waals surface area contributed by atoms with Crippen molar-refractivity contribution >= 4 is 29.1 Å². The Morgan fingerprint density at radius 1 is 1.58 bits per heavy atom. The third kappa shape index (κ3) is 7.98. The fourth-order valence-electron chi connectivity index (χ4n) is 0.692. The molecule has 0 aromatic heterocycles. The molecule has 6 heteroatoms. The van der Waals surface area contributed by atoms with E-state index in [9.17, 15) is 5.11 Å². The fraction of sp³-hybridized carbons (Fsp3) is 1.00. The SMILES string of the molecule is CN[C@H](CO)[C@H](O)CSC.[Al+3].[H-].[H-].[H-].[H-].[Li+]. The molecule has 0 aromatic rings. The van der Waals surface area contributed by atoms with E-state index in [1.165, 1.54) is 0 Å². The summed E-state index contributed by atoms with van der Waals surface area (Å²) in [6.45, 7) is -0.0156. The Morgan fingerprint density at radius 3 is 2.33 bits per heavy atom. The van der Waals surface area contributed by atoms with Crippen molar-refractivity contribution in [3.8, 4) is 0 Å². The Morgan fingerprint density at radius 2 is 2.08 bits per heavy atom. The van der Waals surface area contributed by atoms with Crippen molar-refractivity contribution in [2.75, 3.05) is 25.7 Å². The minimum absolute atomic E-state index is 0. The molecular formula is C6H19AlLiNO2S. The van der Waals surface area contributed by atoms with Crippen LogP contribution in [0.3, 0.4) is 0 Å². The molecule has 12 heavy (non-hydrogen) atoms. The molecule has 0 aliphatic heterocycles. The second-order valence-electron chi connectivity index (χ2n) is 2.10. The van der Waals surface area contributed by atoms with Crippen LogP contribution < -0.4 is 24.2 Å². The van der Waals surface area contributed by atoms with Gasteiger partial charge in [-0.05, 0) is 13.3 Å². The molecule has 0 bridgehead atoms. The summed E-state index contributed by atoms with van der Waals surface area (Å²) in [7, 11) is 1.73. The van der Waals surface area contributed by atoms with Crippen LogP contribution in [0.15, 0.2) is 0 Å². The summed E-state index contributed by atoms with van der Waals surface area (Å²) in [5.41, 5.74) is 0. The Hall–Kier alpha value is 1.36. The van der Waals surface area contributed by atoms with Gasteiger partial charge in [-0.15, -0.1) is 0 Å². The molecule has 0 radical (unpaired) electrons. The van der Waals surface area contributed by atoms with Crippen LogP contribution >= 0.6 is 11.8 Å². The van der Waals surface area contributed by atoms with Gasteiger partial charge in [0.05, 0.1) is 18.8 Å². The van der Waals surface area contributed by atoms with Crippen molar-refractivity contribution < 1.29 is 34.8 Å². The maximum atomic E-state index is 9.27. The summed E-state index contributed by atoms with van der Waals surface area (Å²) >= 11 is 1.57. The summed E-state index contributed by atoms with van der Waals surface area (Å²) in [5, 5.41) is 20.8. The minimum Gasteiger partial charge on any atom is -1.00 e. The van der Waals surface area contributed by atoms with Crippen LogP contribution in [-0.2, 0) is 0 Å². The molecule has 0 aliphatic carbocycles. The number of hydrogen-bond acceptors (Lipinski definition) is 4. The van der Waals surface area contributed by atoms with E-state index in [1.807, 2.05) is 6.26 Å². The first-order valence-corrected chi connectivity index (χ1v) is 4.60. The Balaban J connectivity index is -0.0000000270. The van der Waals surface area contributed by atoms with Gasteiger partial charge < -0.3 is 21.2 Å². The van der Waals surface area contributed by atoms with E-state index in [0.29, 0.717) is 5.75 Å². The Labute approximate surface area is 107 Å². The quantitative estimate of drug-likeness (QED) is 0.404. The predicted octanol–water partition coefficient (Wildman–Crippen LogP) is -3.64. The second kappa shape index (κ2) is 12.4. The molecule has 70 valence electrons. The van der Waals surface area contributed by atoms with Crippen LogP contribution in [0.4, 0.5) is 0 Å². The van der Waals surface area contributed by atoms with Crippen molar-refractivity contribution in [3.63, 3.8) is 0 Å². The molecule has 0 amide bonds. The van der Waals surface area contributed by atoms with Crippen LogP contribution in [0.2, 0.25) is 0 Å². The van der Waals surface area contributed by atoms with E-state index in [0.717, 1.165) is 0 Å². The van der Waals surface area contributed by atoms with E-state index < -0.39 is 6.10 Å². The number of aliphatic hydroxyl groups excluding tert-OH is 2. The topological polar surface area (TPSA) is 52.5 Å². The number of hydrogen-bond donors (Lipinski definition) is 3. The van der Waals surface area contributed by atoms with Crippen LogP contribution in [-0.4, -0.2) is 65.4 Å². The summed E-state index contributed by atoms with van der Waals surface area (Å²) < 4.78 is 0. The molecular weight excluding hydrogens is 184 g/mol. The van der Waals surface area contributed by atoms with Gasteiger partial charge in [-0.2, -0.15) is 11.8 Å². The predicted molar refractivity (Wildman–Crippen MR) is 54.5 cm³/mol. The van der Waals surface area contributed by atoms with Gasteiger partial charge in [0.25, 0.3) is 0 Å². The van der Waals surface area contributed by atoms with Crippen LogP contribution in [0.1, 0.15) is 5.71 Å². The normalized spacial score (nSPS) is 14.0. The van der Waals surface area contributed by atoms with Gasteiger partial charge in [0, 0.05) is 5.75 Å². The molecule has 0 rings (SSSR count). The van der Waals surface area contributed by atoms with E-state index in [2.05, 4.69) is 5.32 Å². The van der Waals surface area contributed by atoms with Gasteiger partial charge in [-0.1, -0.05) is 0 Å². The molecule has 2 atom stereocenters. The first-order chi connectivity index (χ1) is 4.76. The number of aliphatic hydroxyl groups is 2. The number of likely N-dealkylation sites (N-methyl/N-ethyl adjacent to an activating group) is 1. The second-order valence-corrected chi connectivity index (χ2v) is 3.01. The van der Waals surface area contributed by atoms with Crippen molar-refractivity contribution in [2.45, 2.75) is 12.1 Å². The van der Waals surface area contributed by atoms with E-state index in [1.54, 1.807) is 18.8 Å². The molecule has 0 heterocycles. The average Bonchev–Trinajstić information content (AvgIpc) is 1.91. The summed E-state index contributed by atoms with van der Waals surface area (Å²) in [5.74, 6) is 0.659. The zero-order valence-electron chi connectivity index (χ0n) is 11.9. The summed E-state index contributed by atoms with van der Waals surface area (Å²) in [6.07, 6.45) is 1.47. The largest absolute Gasteiger partial charge is 3.00 e. The molecule has 0 saturated carbocycles. The Kier molecular flexibility index (Phi) is 19.6. The van der Waals surface area contributed by atoms with Gasteiger partial charge >= 0.3 is 36.2 Å². The van der Waals surface area contributed by atoms with Gasteiger partial charge in [0.15, 0.2) is 0 Å². The first-order valence-electron chi connectivity index (χ1n) is 3.21. The standard InChI is InChI=1S/C6H15NO2S.Al.Li.4H/c1-7-5(3-8)6(9)4-10-2;;;;;;/h5-9H,3-4H2,1-2H3;;;;;;/q;+3;+1;4*-1/t5-,6-;;;;;;/m1....../s1. The maximum Gasteiger partial charge on any atom is 3.00 e. The molecule has 0 unspecified atom stereocenters. The summed E-state index contributed by atoms with van der Waals surface area (Å²) in [6, 6.07) is -0.188. The first kappa shape index (κ1) is 19.0. The molecule has 0 spiro atoms. The monoisotopic (exact) mass is 203 g/mol. The van der Waals surface area contributed by atoms with E-state index in [-0.39, 0.29) is 54.6 Å². The molecule has 0 fully saturated rings. The molecule has 0 saturated heterocycles. The zero-order chi connectivity index (χ0) is 7.98. The summed E-state index contributed by atoms with van der Waals surface area (Å²) in [4.78, 5) is 0. The van der Waals surface area contributed by atoms with Crippen molar-refractivity contribution in [3.05, 3.63) is 0 Å². The van der Waals surface area contributed by atoms with Crippen molar-refractivity contribution in [2.24, 2.45) is 0 Å². The molecule has 0 aliphatic rings. The van der Waals surface area contributed by atoms with Crippen LogP contribution in [0.5, 0.6) is 0 Å². The third-order valence-corrected chi connectivity index (χ3v) is 2.04. The number of thioether (sulfide) groups is 1. The average molecular weight is 203 g/mol. The van der Waals surface area contributed by atoms with E-state index in [4.69, 9.17) is 5.11 Å².